The Balaban J connectivity index is 2.09. The first-order chi connectivity index (χ1) is 4.37. The smallest absolute Gasteiger partial charge is 0.126 e. The van der Waals surface area contributed by atoms with Crippen molar-refractivity contribution < 1.29 is 4.79 Å². The van der Waals surface area contributed by atoms with Crippen molar-refractivity contribution in [3.05, 3.63) is 0 Å². The van der Waals surface area contributed by atoms with E-state index < -0.39 is 0 Å². The fraction of sp³-hybridized carbons (Fsp3) is 0.875. The highest BCUT2D eigenvalue weighted by Crippen LogP contribution is 2.59. The summed E-state index contributed by atoms with van der Waals surface area (Å²) in [7, 11) is 0. The summed E-state index contributed by atoms with van der Waals surface area (Å²) in [4.78, 5) is 10.5. The van der Waals surface area contributed by atoms with Crippen molar-refractivity contribution in [1.29, 1.82) is 0 Å². The zero-order valence-corrected chi connectivity index (χ0v) is 5.60. The van der Waals surface area contributed by atoms with E-state index in [4.69, 9.17) is 0 Å². The van der Waals surface area contributed by atoms with Gasteiger partial charge in [-0.1, -0.05) is 12.8 Å². The van der Waals surface area contributed by atoms with E-state index in [1.54, 1.807) is 0 Å². The van der Waals surface area contributed by atoms with Crippen LogP contribution in [-0.2, 0) is 4.79 Å². The van der Waals surface area contributed by atoms with Gasteiger partial charge < -0.3 is 4.79 Å². The Morgan fingerprint density at radius 2 is 2.33 bits per heavy atom. The first-order valence-electron chi connectivity index (χ1n) is 3.84. The lowest BCUT2D eigenvalue weighted by Crippen LogP contribution is -2.09. The number of hydrogen-bond acceptors (Lipinski definition) is 1. The summed E-state index contributed by atoms with van der Waals surface area (Å²) in [5, 5.41) is 0. The van der Waals surface area contributed by atoms with E-state index in [1.165, 1.54) is 38.4 Å². The van der Waals surface area contributed by atoms with E-state index in [1.807, 2.05) is 0 Å². The molecule has 0 heterocycles. The van der Waals surface area contributed by atoms with Crippen molar-refractivity contribution in [2.75, 3.05) is 0 Å². The van der Waals surface area contributed by atoms with Crippen LogP contribution in [0.1, 0.15) is 32.1 Å². The molecular weight excluding hydrogens is 112 g/mol. The molecule has 9 heavy (non-hydrogen) atoms. The Kier molecular flexibility index (Phi) is 0.961. The van der Waals surface area contributed by atoms with Crippen LogP contribution in [0.2, 0.25) is 0 Å². The molecule has 0 spiro atoms. The number of aldehydes is 1. The molecule has 50 valence electrons. The Labute approximate surface area is 55.4 Å². The van der Waals surface area contributed by atoms with Crippen LogP contribution in [0.3, 0.4) is 0 Å². The molecule has 0 N–H and O–H groups in total. The van der Waals surface area contributed by atoms with Gasteiger partial charge in [0, 0.05) is 5.41 Å². The third-order valence-electron chi connectivity index (χ3n) is 2.96. The number of carbonyl (C=O) groups excluding carboxylic acids is 1. The molecule has 2 atom stereocenters. The van der Waals surface area contributed by atoms with Gasteiger partial charge in [0.15, 0.2) is 0 Å². The molecule has 0 aromatic heterocycles. The summed E-state index contributed by atoms with van der Waals surface area (Å²) in [6.07, 6.45) is 7.56. The van der Waals surface area contributed by atoms with Crippen LogP contribution in [0.5, 0.6) is 0 Å². The molecule has 0 aromatic carbocycles. The lowest BCUT2D eigenvalue weighted by atomic mass is 9.90. The van der Waals surface area contributed by atoms with Gasteiger partial charge in [-0.05, 0) is 25.2 Å². The van der Waals surface area contributed by atoms with Gasteiger partial charge in [0.25, 0.3) is 0 Å². The van der Waals surface area contributed by atoms with Crippen LogP contribution in [0.25, 0.3) is 0 Å². The standard InChI is InChI=1S/C8H12O/c9-6-8-4-2-1-3-7(8)5-8/h6-7H,1-5H2/t7-,8+/m1/s1. The molecule has 0 unspecified atom stereocenters. The fourth-order valence-corrected chi connectivity index (χ4v) is 2.14. The zero-order valence-electron chi connectivity index (χ0n) is 5.60. The summed E-state index contributed by atoms with van der Waals surface area (Å²) in [6, 6.07) is 0. The van der Waals surface area contributed by atoms with Gasteiger partial charge in [-0.15, -0.1) is 0 Å². The number of fused-ring (bicyclic) bond motifs is 1. The molecule has 2 aliphatic rings. The molecular formula is C8H12O. The van der Waals surface area contributed by atoms with E-state index in [2.05, 4.69) is 0 Å². The van der Waals surface area contributed by atoms with Crippen molar-refractivity contribution >= 4 is 6.29 Å². The molecule has 2 fully saturated rings. The largest absolute Gasteiger partial charge is 0.303 e. The van der Waals surface area contributed by atoms with E-state index in [0.717, 1.165) is 5.92 Å². The van der Waals surface area contributed by atoms with Crippen molar-refractivity contribution in [3.8, 4) is 0 Å². The van der Waals surface area contributed by atoms with Crippen molar-refractivity contribution in [2.24, 2.45) is 11.3 Å². The Bertz CT molecular complexity index is 142. The molecule has 0 aromatic rings. The monoisotopic (exact) mass is 124 g/mol. The van der Waals surface area contributed by atoms with Crippen LogP contribution in [0.15, 0.2) is 0 Å². The molecule has 2 rings (SSSR count). The van der Waals surface area contributed by atoms with Crippen LogP contribution >= 0.6 is 0 Å². The third kappa shape index (κ3) is 0.637. The molecule has 2 saturated carbocycles. The molecule has 0 saturated heterocycles. The summed E-state index contributed by atoms with van der Waals surface area (Å²) in [5.41, 5.74) is 0.207. The second-order valence-electron chi connectivity index (χ2n) is 3.50. The minimum Gasteiger partial charge on any atom is -0.303 e. The van der Waals surface area contributed by atoms with Gasteiger partial charge in [-0.25, -0.2) is 0 Å². The topological polar surface area (TPSA) is 17.1 Å². The highest BCUT2D eigenvalue weighted by molar-refractivity contribution is 5.64. The Morgan fingerprint density at radius 3 is 2.89 bits per heavy atom. The highest BCUT2D eigenvalue weighted by atomic mass is 16.1. The predicted molar refractivity (Wildman–Crippen MR) is 35.1 cm³/mol. The predicted octanol–water partition coefficient (Wildman–Crippen LogP) is 1.77. The summed E-state index contributed by atoms with van der Waals surface area (Å²) >= 11 is 0. The van der Waals surface area contributed by atoms with Gasteiger partial charge in [0.2, 0.25) is 0 Å². The lowest BCUT2D eigenvalue weighted by Gasteiger charge is -2.14. The number of rotatable bonds is 1. The quantitative estimate of drug-likeness (QED) is 0.487. The van der Waals surface area contributed by atoms with Crippen LogP contribution in [0, 0.1) is 11.3 Å². The molecule has 0 aliphatic heterocycles. The molecule has 2 aliphatic carbocycles. The Hall–Kier alpha value is -0.330. The molecule has 1 heteroatoms. The van der Waals surface area contributed by atoms with Crippen LogP contribution in [0.4, 0.5) is 0 Å². The van der Waals surface area contributed by atoms with Gasteiger partial charge in [0.05, 0.1) is 0 Å². The Morgan fingerprint density at radius 1 is 1.44 bits per heavy atom. The van der Waals surface area contributed by atoms with Crippen LogP contribution < -0.4 is 0 Å². The normalized spacial score (nSPS) is 47.8. The van der Waals surface area contributed by atoms with Gasteiger partial charge in [-0.3, -0.25) is 0 Å². The first-order valence-corrected chi connectivity index (χ1v) is 3.84. The van der Waals surface area contributed by atoms with Crippen LogP contribution in [-0.4, -0.2) is 6.29 Å². The molecule has 0 radical (unpaired) electrons. The van der Waals surface area contributed by atoms with Crippen molar-refractivity contribution in [2.45, 2.75) is 32.1 Å². The van der Waals surface area contributed by atoms with E-state index >= 15 is 0 Å². The molecule has 1 nitrogen and oxygen atoms in total. The average molecular weight is 124 g/mol. The number of carbonyl (C=O) groups is 1. The van der Waals surface area contributed by atoms with Gasteiger partial charge in [0.1, 0.15) is 6.29 Å². The minimum atomic E-state index is 0.207. The second kappa shape index (κ2) is 1.59. The SMILES string of the molecule is O=C[C@@]12CCCC[C@@H]1C2. The maximum absolute atomic E-state index is 10.5. The number of hydrogen-bond donors (Lipinski definition) is 0. The zero-order chi connectivity index (χ0) is 6.32. The van der Waals surface area contributed by atoms with Crippen molar-refractivity contribution in [3.63, 3.8) is 0 Å². The van der Waals surface area contributed by atoms with E-state index in [0.29, 0.717) is 0 Å². The van der Waals surface area contributed by atoms with E-state index in [9.17, 15) is 4.79 Å². The summed E-state index contributed by atoms with van der Waals surface area (Å²) in [5.74, 6) is 0.795. The maximum atomic E-state index is 10.5. The lowest BCUT2D eigenvalue weighted by molar-refractivity contribution is -0.113. The summed E-state index contributed by atoms with van der Waals surface area (Å²) in [6.45, 7) is 0. The summed E-state index contributed by atoms with van der Waals surface area (Å²) < 4.78 is 0. The highest BCUT2D eigenvalue weighted by Gasteiger charge is 2.54. The minimum absolute atomic E-state index is 0.207. The average Bonchev–Trinajstić information content (AvgIpc) is 2.62. The van der Waals surface area contributed by atoms with Gasteiger partial charge in [-0.2, -0.15) is 0 Å². The van der Waals surface area contributed by atoms with E-state index in [-0.39, 0.29) is 5.41 Å². The van der Waals surface area contributed by atoms with Crippen molar-refractivity contribution in [1.82, 2.24) is 0 Å². The van der Waals surface area contributed by atoms with Gasteiger partial charge >= 0.3 is 0 Å². The molecule has 0 amide bonds. The first kappa shape index (κ1) is 5.45. The molecule has 0 bridgehead atoms. The maximum Gasteiger partial charge on any atom is 0.126 e. The second-order valence-corrected chi connectivity index (χ2v) is 3.50. The fourth-order valence-electron chi connectivity index (χ4n) is 2.14. The third-order valence-corrected chi connectivity index (χ3v) is 2.96.